The maximum atomic E-state index is 12.7. The number of aryl methyl sites for hydroxylation is 1. The van der Waals surface area contributed by atoms with Crippen molar-refractivity contribution in [3.63, 3.8) is 0 Å². The highest BCUT2D eigenvalue weighted by molar-refractivity contribution is 6.22. The van der Waals surface area contributed by atoms with Gasteiger partial charge in [-0.3, -0.25) is 19.3 Å². The number of carbonyl (C=O) groups excluding carboxylic acids is 3. The Labute approximate surface area is 164 Å². The van der Waals surface area contributed by atoms with Crippen LogP contribution in [0.2, 0.25) is 0 Å². The molecule has 1 N–H and O–H groups in total. The smallest absolute Gasteiger partial charge is 0.255 e. The van der Waals surface area contributed by atoms with Crippen molar-refractivity contribution in [2.75, 3.05) is 10.2 Å². The molecule has 2 aromatic rings. The second-order valence-electron chi connectivity index (χ2n) is 7.52. The summed E-state index contributed by atoms with van der Waals surface area (Å²) < 4.78 is 0. The number of rotatable bonds is 4. The Balaban J connectivity index is 1.52. The summed E-state index contributed by atoms with van der Waals surface area (Å²) in [6.07, 6.45) is 4.43. The molecule has 2 unspecified atom stereocenters. The molecule has 5 nitrogen and oxygen atoms in total. The lowest BCUT2D eigenvalue weighted by atomic mass is 9.81. The van der Waals surface area contributed by atoms with Crippen molar-refractivity contribution in [2.24, 2.45) is 11.8 Å². The van der Waals surface area contributed by atoms with Crippen LogP contribution in [-0.2, 0) is 16.0 Å². The summed E-state index contributed by atoms with van der Waals surface area (Å²) >= 11 is 0. The Morgan fingerprint density at radius 2 is 1.57 bits per heavy atom. The molecule has 2 aliphatic rings. The van der Waals surface area contributed by atoms with Crippen LogP contribution in [0.4, 0.5) is 11.4 Å². The van der Waals surface area contributed by atoms with Gasteiger partial charge in [0.2, 0.25) is 11.8 Å². The summed E-state index contributed by atoms with van der Waals surface area (Å²) in [4.78, 5) is 39.3. The van der Waals surface area contributed by atoms with Crippen LogP contribution >= 0.6 is 0 Å². The quantitative estimate of drug-likeness (QED) is 0.814. The van der Waals surface area contributed by atoms with E-state index in [-0.39, 0.29) is 29.6 Å². The molecule has 2 fully saturated rings. The minimum atomic E-state index is -0.208. The molecular formula is C23H24N2O3. The van der Waals surface area contributed by atoms with E-state index < -0.39 is 0 Å². The summed E-state index contributed by atoms with van der Waals surface area (Å²) in [5.74, 6) is -0.739. The minimum absolute atomic E-state index is 0.0937. The van der Waals surface area contributed by atoms with E-state index in [0.717, 1.165) is 43.4 Å². The van der Waals surface area contributed by atoms with Crippen molar-refractivity contribution >= 4 is 29.1 Å². The molecule has 0 bridgehead atoms. The van der Waals surface area contributed by atoms with E-state index in [1.807, 2.05) is 31.2 Å². The molecular weight excluding hydrogens is 352 g/mol. The molecule has 0 radical (unpaired) electrons. The molecule has 1 heterocycles. The molecule has 1 saturated carbocycles. The molecule has 5 heteroatoms. The highest BCUT2D eigenvalue weighted by atomic mass is 16.2. The van der Waals surface area contributed by atoms with Crippen molar-refractivity contribution < 1.29 is 14.4 Å². The number of imide groups is 1. The number of nitrogens with one attached hydrogen (secondary N) is 1. The molecule has 144 valence electrons. The van der Waals surface area contributed by atoms with E-state index in [1.165, 1.54) is 4.90 Å². The van der Waals surface area contributed by atoms with E-state index in [2.05, 4.69) is 5.32 Å². The van der Waals surface area contributed by atoms with Crippen LogP contribution in [0.3, 0.4) is 0 Å². The maximum absolute atomic E-state index is 12.7. The average molecular weight is 376 g/mol. The van der Waals surface area contributed by atoms with E-state index in [4.69, 9.17) is 0 Å². The largest absolute Gasteiger partial charge is 0.322 e. The van der Waals surface area contributed by atoms with Crippen molar-refractivity contribution in [1.82, 2.24) is 0 Å². The first-order valence-corrected chi connectivity index (χ1v) is 9.97. The Morgan fingerprint density at radius 1 is 0.964 bits per heavy atom. The second-order valence-corrected chi connectivity index (χ2v) is 7.52. The molecule has 1 aliphatic heterocycles. The number of fused-ring (bicyclic) bond motifs is 1. The van der Waals surface area contributed by atoms with Gasteiger partial charge in [0, 0.05) is 11.3 Å². The van der Waals surface area contributed by atoms with E-state index in [1.54, 1.807) is 24.3 Å². The lowest BCUT2D eigenvalue weighted by Gasteiger charge is -2.19. The van der Waals surface area contributed by atoms with Gasteiger partial charge in [0.05, 0.1) is 17.5 Å². The number of nitrogens with zero attached hydrogens (tertiary/aromatic N) is 1. The molecule has 3 amide bonds. The molecule has 2 aromatic carbocycles. The summed E-state index contributed by atoms with van der Waals surface area (Å²) in [5, 5.41) is 2.94. The Morgan fingerprint density at radius 3 is 2.18 bits per heavy atom. The van der Waals surface area contributed by atoms with Crippen molar-refractivity contribution in [2.45, 2.75) is 39.0 Å². The van der Waals surface area contributed by atoms with Crippen LogP contribution < -0.4 is 10.2 Å². The van der Waals surface area contributed by atoms with Gasteiger partial charge in [-0.2, -0.15) is 0 Å². The highest BCUT2D eigenvalue weighted by Crippen LogP contribution is 2.40. The zero-order valence-corrected chi connectivity index (χ0v) is 16.0. The van der Waals surface area contributed by atoms with E-state index in [0.29, 0.717) is 11.3 Å². The van der Waals surface area contributed by atoms with Crippen LogP contribution in [-0.4, -0.2) is 17.7 Å². The minimum Gasteiger partial charge on any atom is -0.322 e. The van der Waals surface area contributed by atoms with Gasteiger partial charge in [-0.05, 0) is 55.2 Å². The number of para-hydroxylation sites is 1. The SMILES string of the molecule is CCc1ccccc1NC(=O)c1ccc(N2C(=O)C3CCCCC3C2=O)cc1. The van der Waals surface area contributed by atoms with E-state index >= 15 is 0 Å². The summed E-state index contributed by atoms with van der Waals surface area (Å²) in [6, 6.07) is 14.4. The lowest BCUT2D eigenvalue weighted by Crippen LogP contribution is -2.30. The third kappa shape index (κ3) is 3.21. The summed E-state index contributed by atoms with van der Waals surface area (Å²) in [6.45, 7) is 2.04. The molecule has 28 heavy (non-hydrogen) atoms. The first-order valence-electron chi connectivity index (χ1n) is 9.97. The third-order valence-electron chi connectivity index (χ3n) is 5.88. The van der Waals surface area contributed by atoms with Crippen molar-refractivity contribution in [3.05, 3.63) is 59.7 Å². The predicted octanol–water partition coefficient (Wildman–Crippen LogP) is 4.18. The van der Waals surface area contributed by atoms with Crippen LogP contribution in [0.15, 0.2) is 48.5 Å². The normalized spacial score (nSPS) is 21.5. The number of amides is 3. The summed E-state index contributed by atoms with van der Waals surface area (Å²) in [7, 11) is 0. The van der Waals surface area contributed by atoms with Gasteiger partial charge in [-0.1, -0.05) is 38.0 Å². The molecule has 1 saturated heterocycles. The number of carbonyl (C=O) groups is 3. The zero-order chi connectivity index (χ0) is 19.7. The fraction of sp³-hybridized carbons (Fsp3) is 0.348. The zero-order valence-electron chi connectivity index (χ0n) is 16.0. The lowest BCUT2D eigenvalue weighted by molar-refractivity contribution is -0.122. The van der Waals surface area contributed by atoms with Crippen LogP contribution in [0.5, 0.6) is 0 Å². The fourth-order valence-corrected chi connectivity index (χ4v) is 4.32. The standard InChI is InChI=1S/C23H24N2O3/c1-2-15-7-3-6-10-20(15)24-21(26)16-11-13-17(14-12-16)25-22(27)18-8-4-5-9-19(18)23(25)28/h3,6-7,10-14,18-19H,2,4-5,8-9H2,1H3,(H,24,26). The predicted molar refractivity (Wildman–Crippen MR) is 108 cm³/mol. The summed E-state index contributed by atoms with van der Waals surface area (Å²) in [5.41, 5.74) is 2.91. The Bertz CT molecular complexity index is 896. The number of hydrogen-bond donors (Lipinski definition) is 1. The maximum Gasteiger partial charge on any atom is 0.255 e. The van der Waals surface area contributed by atoms with Gasteiger partial charge < -0.3 is 5.32 Å². The van der Waals surface area contributed by atoms with Gasteiger partial charge in [-0.15, -0.1) is 0 Å². The number of benzene rings is 2. The first kappa shape index (κ1) is 18.4. The van der Waals surface area contributed by atoms with Gasteiger partial charge >= 0.3 is 0 Å². The molecule has 4 rings (SSSR count). The first-order chi connectivity index (χ1) is 13.6. The van der Waals surface area contributed by atoms with Crippen molar-refractivity contribution in [3.8, 4) is 0 Å². The third-order valence-corrected chi connectivity index (χ3v) is 5.88. The van der Waals surface area contributed by atoms with Crippen LogP contribution in [0.25, 0.3) is 0 Å². The van der Waals surface area contributed by atoms with E-state index in [9.17, 15) is 14.4 Å². The topological polar surface area (TPSA) is 66.5 Å². The Hall–Kier alpha value is -2.95. The molecule has 1 aliphatic carbocycles. The van der Waals surface area contributed by atoms with Gasteiger partial charge in [0.15, 0.2) is 0 Å². The molecule has 0 aromatic heterocycles. The van der Waals surface area contributed by atoms with Crippen LogP contribution in [0, 0.1) is 11.8 Å². The average Bonchev–Trinajstić information content (AvgIpc) is 2.99. The highest BCUT2D eigenvalue weighted by Gasteiger charge is 2.48. The fourth-order valence-electron chi connectivity index (χ4n) is 4.32. The van der Waals surface area contributed by atoms with Gasteiger partial charge in [0.1, 0.15) is 0 Å². The van der Waals surface area contributed by atoms with Gasteiger partial charge in [0.25, 0.3) is 5.91 Å². The number of anilines is 2. The van der Waals surface area contributed by atoms with Crippen LogP contribution in [0.1, 0.15) is 48.5 Å². The van der Waals surface area contributed by atoms with Crippen molar-refractivity contribution in [1.29, 1.82) is 0 Å². The molecule has 0 spiro atoms. The molecule has 2 atom stereocenters. The number of hydrogen-bond acceptors (Lipinski definition) is 3. The monoisotopic (exact) mass is 376 g/mol. The Kier molecular flexibility index (Phi) is 4.99. The second kappa shape index (κ2) is 7.58. The van der Waals surface area contributed by atoms with Gasteiger partial charge in [-0.25, -0.2) is 0 Å².